The fourth-order valence-corrected chi connectivity index (χ4v) is 1.80. The fraction of sp³-hybridized carbons (Fsp3) is 0.400. The number of benzene rings is 1. The average molecular weight is 248 g/mol. The fourth-order valence-electron chi connectivity index (χ4n) is 1.45. The van der Waals surface area contributed by atoms with E-state index in [4.69, 9.17) is 23.2 Å². The summed E-state index contributed by atoms with van der Waals surface area (Å²) in [6.45, 7) is 0. The second-order valence-corrected chi connectivity index (χ2v) is 3.75. The van der Waals surface area contributed by atoms with Crippen LogP contribution in [0.1, 0.15) is 17.5 Å². The number of aryl methyl sites for hydroxylation is 1. The summed E-state index contributed by atoms with van der Waals surface area (Å²) in [5.74, 6) is 0.660. The number of hydrogen-bond donors (Lipinski definition) is 0. The van der Waals surface area contributed by atoms with Gasteiger partial charge in [0.05, 0.1) is 10.8 Å². The molecule has 0 unspecified atom stereocenters. The molecule has 0 saturated heterocycles. The predicted molar refractivity (Wildman–Crippen MR) is 61.7 cm³/mol. The van der Waals surface area contributed by atoms with E-state index < -0.39 is 0 Å². The normalized spacial score (nSPS) is 10.3. The van der Waals surface area contributed by atoms with E-state index >= 15 is 0 Å². The van der Waals surface area contributed by atoms with Gasteiger partial charge in [0.15, 0.2) is 0 Å². The van der Waals surface area contributed by atoms with Crippen LogP contribution in [-0.4, -0.2) is 10.8 Å². The maximum Gasteiger partial charge on any atom is 0.276 e. The number of halogens is 2. The van der Waals surface area contributed by atoms with Crippen molar-refractivity contribution in [3.8, 4) is 0 Å². The molecular formula is C10H11Cl2NO2. The summed E-state index contributed by atoms with van der Waals surface area (Å²) in [7, 11) is 0. The van der Waals surface area contributed by atoms with Gasteiger partial charge in [-0.15, -0.1) is 23.2 Å². The first-order valence-electron chi connectivity index (χ1n) is 4.57. The molecule has 0 radical (unpaired) electrons. The van der Waals surface area contributed by atoms with Crippen molar-refractivity contribution in [3.63, 3.8) is 0 Å². The summed E-state index contributed by atoms with van der Waals surface area (Å²) in [5, 5.41) is 10.9. The molecule has 0 heterocycles. The van der Waals surface area contributed by atoms with E-state index in [9.17, 15) is 10.1 Å². The lowest BCUT2D eigenvalue weighted by atomic mass is 10.0. The molecule has 0 saturated carbocycles. The van der Waals surface area contributed by atoms with Crippen molar-refractivity contribution in [2.45, 2.75) is 18.7 Å². The molecule has 1 aromatic carbocycles. The molecular weight excluding hydrogens is 237 g/mol. The smallest absolute Gasteiger partial charge is 0.258 e. The number of nitrogens with zero attached hydrogens (tertiary/aromatic N) is 1. The van der Waals surface area contributed by atoms with E-state index in [1.807, 2.05) is 0 Å². The molecule has 0 spiro atoms. The molecule has 0 aliphatic carbocycles. The Balaban J connectivity index is 3.07. The van der Waals surface area contributed by atoms with E-state index in [1.54, 1.807) is 18.2 Å². The summed E-state index contributed by atoms with van der Waals surface area (Å²) >= 11 is 11.2. The first-order valence-corrected chi connectivity index (χ1v) is 5.64. The number of alkyl halides is 2. The van der Waals surface area contributed by atoms with Crippen LogP contribution in [0.4, 0.5) is 5.69 Å². The maximum absolute atomic E-state index is 10.9. The van der Waals surface area contributed by atoms with Crippen molar-refractivity contribution >= 4 is 28.9 Å². The van der Waals surface area contributed by atoms with Crippen LogP contribution in [0.3, 0.4) is 0 Å². The third kappa shape index (κ3) is 3.08. The highest BCUT2D eigenvalue weighted by Crippen LogP contribution is 2.26. The lowest BCUT2D eigenvalue weighted by molar-refractivity contribution is -0.386. The molecule has 0 aliphatic rings. The molecule has 82 valence electrons. The number of hydrogen-bond acceptors (Lipinski definition) is 2. The highest BCUT2D eigenvalue weighted by molar-refractivity contribution is 6.18. The van der Waals surface area contributed by atoms with Crippen molar-refractivity contribution < 1.29 is 4.92 Å². The first kappa shape index (κ1) is 12.3. The van der Waals surface area contributed by atoms with Crippen LogP contribution in [0.25, 0.3) is 0 Å². The molecule has 1 rings (SSSR count). The standard InChI is InChI=1S/C10H11Cl2NO2/c11-6-2-5-8-3-1-4-9(7-12)10(8)13(14)15/h1,3-4H,2,5-7H2. The highest BCUT2D eigenvalue weighted by atomic mass is 35.5. The molecule has 0 aromatic heterocycles. The van der Waals surface area contributed by atoms with Gasteiger partial charge in [0, 0.05) is 17.0 Å². The van der Waals surface area contributed by atoms with Gasteiger partial charge in [-0.1, -0.05) is 18.2 Å². The van der Waals surface area contributed by atoms with E-state index in [1.165, 1.54) is 0 Å². The Labute approximate surface area is 98.2 Å². The Morgan fingerprint density at radius 1 is 1.27 bits per heavy atom. The molecule has 0 atom stereocenters. The predicted octanol–water partition coefficient (Wildman–Crippen LogP) is 3.51. The number of nitro groups is 1. The SMILES string of the molecule is O=[N+]([O-])c1c(CCl)cccc1CCCCl. The summed E-state index contributed by atoms with van der Waals surface area (Å²) in [6.07, 6.45) is 1.35. The zero-order valence-corrected chi connectivity index (χ0v) is 9.59. The molecule has 3 nitrogen and oxygen atoms in total. The molecule has 0 fully saturated rings. The van der Waals surface area contributed by atoms with Crippen molar-refractivity contribution in [1.82, 2.24) is 0 Å². The molecule has 0 N–H and O–H groups in total. The molecule has 0 aliphatic heterocycles. The minimum atomic E-state index is -0.374. The van der Waals surface area contributed by atoms with Crippen LogP contribution in [0.15, 0.2) is 18.2 Å². The van der Waals surface area contributed by atoms with Gasteiger partial charge < -0.3 is 0 Å². The Morgan fingerprint density at radius 3 is 2.47 bits per heavy atom. The van der Waals surface area contributed by atoms with Crippen molar-refractivity contribution in [1.29, 1.82) is 0 Å². The summed E-state index contributed by atoms with van der Waals surface area (Å²) in [6, 6.07) is 5.21. The van der Waals surface area contributed by atoms with Gasteiger partial charge in [0.25, 0.3) is 5.69 Å². The molecule has 5 heteroatoms. The Bertz CT molecular complexity index is 355. The van der Waals surface area contributed by atoms with E-state index in [0.29, 0.717) is 23.4 Å². The van der Waals surface area contributed by atoms with Gasteiger partial charge in [-0.05, 0) is 12.8 Å². The first-order chi connectivity index (χ1) is 7.20. The Morgan fingerprint density at radius 2 is 1.93 bits per heavy atom. The average Bonchev–Trinajstić information content (AvgIpc) is 2.25. The molecule has 0 amide bonds. The lowest BCUT2D eigenvalue weighted by Gasteiger charge is -2.04. The minimum Gasteiger partial charge on any atom is -0.258 e. The third-order valence-electron chi connectivity index (χ3n) is 2.11. The maximum atomic E-state index is 10.9. The highest BCUT2D eigenvalue weighted by Gasteiger charge is 2.17. The zero-order valence-electron chi connectivity index (χ0n) is 8.08. The largest absolute Gasteiger partial charge is 0.276 e. The van der Waals surface area contributed by atoms with Crippen LogP contribution in [0.5, 0.6) is 0 Å². The summed E-state index contributed by atoms with van der Waals surface area (Å²) in [4.78, 5) is 10.5. The quantitative estimate of drug-likeness (QED) is 0.454. The summed E-state index contributed by atoms with van der Waals surface area (Å²) < 4.78 is 0. The van der Waals surface area contributed by atoms with Gasteiger partial charge in [-0.3, -0.25) is 10.1 Å². The number of nitro benzene ring substituents is 1. The summed E-state index contributed by atoms with van der Waals surface area (Å²) in [5.41, 5.74) is 1.41. The van der Waals surface area contributed by atoms with E-state index in [-0.39, 0.29) is 16.5 Å². The number of para-hydroxylation sites is 1. The van der Waals surface area contributed by atoms with Crippen LogP contribution in [0, 0.1) is 10.1 Å². The van der Waals surface area contributed by atoms with Crippen molar-refractivity contribution in [2.75, 3.05) is 5.88 Å². The Hall–Kier alpha value is -0.800. The molecule has 15 heavy (non-hydrogen) atoms. The van der Waals surface area contributed by atoms with Crippen LogP contribution in [-0.2, 0) is 12.3 Å². The van der Waals surface area contributed by atoms with Gasteiger partial charge in [-0.2, -0.15) is 0 Å². The third-order valence-corrected chi connectivity index (χ3v) is 2.66. The van der Waals surface area contributed by atoms with Crippen LogP contribution < -0.4 is 0 Å². The zero-order chi connectivity index (χ0) is 11.3. The topological polar surface area (TPSA) is 43.1 Å². The van der Waals surface area contributed by atoms with E-state index in [0.717, 1.165) is 6.42 Å². The monoisotopic (exact) mass is 247 g/mol. The lowest BCUT2D eigenvalue weighted by Crippen LogP contribution is -2.00. The van der Waals surface area contributed by atoms with Gasteiger partial charge >= 0.3 is 0 Å². The second-order valence-electron chi connectivity index (χ2n) is 3.11. The number of rotatable bonds is 5. The van der Waals surface area contributed by atoms with Crippen molar-refractivity contribution in [3.05, 3.63) is 39.4 Å². The van der Waals surface area contributed by atoms with Gasteiger partial charge in [0.1, 0.15) is 0 Å². The van der Waals surface area contributed by atoms with Gasteiger partial charge in [-0.25, -0.2) is 0 Å². The molecule has 1 aromatic rings. The minimum absolute atomic E-state index is 0.137. The van der Waals surface area contributed by atoms with Gasteiger partial charge in [0.2, 0.25) is 0 Å². The molecule has 0 bridgehead atoms. The van der Waals surface area contributed by atoms with Crippen LogP contribution in [0.2, 0.25) is 0 Å². The second kappa shape index (κ2) is 5.93. The van der Waals surface area contributed by atoms with Crippen LogP contribution >= 0.6 is 23.2 Å². The Kier molecular flexibility index (Phi) is 4.85. The van der Waals surface area contributed by atoms with E-state index in [2.05, 4.69) is 0 Å². The van der Waals surface area contributed by atoms with Crippen molar-refractivity contribution in [2.24, 2.45) is 0 Å².